The molecule has 3 nitrogen and oxygen atoms in total. The number of hydrogen-bond donors (Lipinski definition) is 1. The first kappa shape index (κ1) is 9.96. The van der Waals surface area contributed by atoms with Gasteiger partial charge in [-0.1, -0.05) is 6.92 Å². The lowest BCUT2D eigenvalue weighted by Crippen LogP contribution is -2.40. The van der Waals surface area contributed by atoms with Gasteiger partial charge in [-0.3, -0.25) is 0 Å². The smallest absolute Gasteiger partial charge is 0.0704 e. The third-order valence-electron chi connectivity index (χ3n) is 2.33. The first-order chi connectivity index (χ1) is 5.84. The summed E-state index contributed by atoms with van der Waals surface area (Å²) >= 11 is 0. The van der Waals surface area contributed by atoms with Crippen molar-refractivity contribution in [2.24, 2.45) is 5.92 Å². The van der Waals surface area contributed by atoms with Crippen LogP contribution >= 0.6 is 0 Å². The summed E-state index contributed by atoms with van der Waals surface area (Å²) in [5.41, 5.74) is 0. The molecule has 0 bridgehead atoms. The summed E-state index contributed by atoms with van der Waals surface area (Å²) in [6.45, 7) is 5.82. The van der Waals surface area contributed by atoms with Gasteiger partial charge in [0, 0.05) is 13.7 Å². The second kappa shape index (κ2) is 5.51. The predicted octanol–water partition coefficient (Wildman–Crippen LogP) is 0.647. The second-order valence-electron chi connectivity index (χ2n) is 3.37. The zero-order valence-electron chi connectivity index (χ0n) is 8.01. The van der Waals surface area contributed by atoms with Crippen LogP contribution in [0.4, 0.5) is 0 Å². The summed E-state index contributed by atoms with van der Waals surface area (Å²) in [4.78, 5) is 0. The molecule has 0 saturated carbocycles. The molecule has 0 amide bonds. The Morgan fingerprint density at radius 3 is 2.92 bits per heavy atom. The first-order valence-electron chi connectivity index (χ1n) is 4.66. The van der Waals surface area contributed by atoms with Gasteiger partial charge < -0.3 is 14.8 Å². The Balaban J connectivity index is 2.11. The third kappa shape index (κ3) is 3.09. The van der Waals surface area contributed by atoms with Gasteiger partial charge in [-0.05, 0) is 18.9 Å². The SMILES string of the molecule is COCCOC1CCNCC1C. The number of piperidine rings is 1. The number of nitrogens with one attached hydrogen (secondary N) is 1. The van der Waals surface area contributed by atoms with Gasteiger partial charge in [0.05, 0.1) is 19.3 Å². The fraction of sp³-hybridized carbons (Fsp3) is 1.00. The molecule has 12 heavy (non-hydrogen) atoms. The van der Waals surface area contributed by atoms with Gasteiger partial charge in [-0.25, -0.2) is 0 Å². The highest BCUT2D eigenvalue weighted by atomic mass is 16.5. The number of ether oxygens (including phenoxy) is 2. The molecular weight excluding hydrogens is 154 g/mol. The topological polar surface area (TPSA) is 30.5 Å². The van der Waals surface area contributed by atoms with E-state index in [1.165, 1.54) is 0 Å². The molecule has 3 heteroatoms. The van der Waals surface area contributed by atoms with Gasteiger partial charge in [0.25, 0.3) is 0 Å². The number of methoxy groups -OCH3 is 1. The highest BCUT2D eigenvalue weighted by Crippen LogP contribution is 2.13. The van der Waals surface area contributed by atoms with E-state index in [-0.39, 0.29) is 0 Å². The van der Waals surface area contributed by atoms with Crippen LogP contribution in [0, 0.1) is 5.92 Å². The van der Waals surface area contributed by atoms with Crippen LogP contribution in [0.15, 0.2) is 0 Å². The van der Waals surface area contributed by atoms with Crippen LogP contribution in [-0.4, -0.2) is 39.5 Å². The van der Waals surface area contributed by atoms with E-state index >= 15 is 0 Å². The van der Waals surface area contributed by atoms with Gasteiger partial charge in [-0.15, -0.1) is 0 Å². The fourth-order valence-electron chi connectivity index (χ4n) is 1.52. The summed E-state index contributed by atoms with van der Waals surface area (Å²) < 4.78 is 10.6. The van der Waals surface area contributed by atoms with E-state index in [0.29, 0.717) is 18.6 Å². The van der Waals surface area contributed by atoms with E-state index in [0.717, 1.165) is 26.1 Å². The monoisotopic (exact) mass is 173 g/mol. The molecule has 1 saturated heterocycles. The zero-order chi connectivity index (χ0) is 8.81. The lowest BCUT2D eigenvalue weighted by Gasteiger charge is -2.29. The lowest BCUT2D eigenvalue weighted by atomic mass is 9.98. The van der Waals surface area contributed by atoms with E-state index in [9.17, 15) is 0 Å². The van der Waals surface area contributed by atoms with Crippen molar-refractivity contribution < 1.29 is 9.47 Å². The number of hydrogen-bond acceptors (Lipinski definition) is 3. The van der Waals surface area contributed by atoms with E-state index in [1.54, 1.807) is 7.11 Å². The maximum Gasteiger partial charge on any atom is 0.0704 e. The van der Waals surface area contributed by atoms with Gasteiger partial charge in [0.2, 0.25) is 0 Å². The first-order valence-corrected chi connectivity index (χ1v) is 4.66. The van der Waals surface area contributed by atoms with Crippen molar-refractivity contribution >= 4 is 0 Å². The summed E-state index contributed by atoms with van der Waals surface area (Å²) in [5.74, 6) is 0.635. The molecule has 1 N–H and O–H groups in total. The molecule has 2 unspecified atom stereocenters. The Hall–Kier alpha value is -0.120. The molecular formula is C9H19NO2. The molecule has 0 spiro atoms. The summed E-state index contributed by atoms with van der Waals surface area (Å²) in [5, 5.41) is 3.34. The van der Waals surface area contributed by atoms with E-state index in [1.807, 2.05) is 0 Å². The molecule has 1 aliphatic heterocycles. The Morgan fingerprint density at radius 2 is 2.25 bits per heavy atom. The van der Waals surface area contributed by atoms with Crippen LogP contribution in [0.25, 0.3) is 0 Å². The van der Waals surface area contributed by atoms with Crippen LogP contribution in [0.3, 0.4) is 0 Å². The van der Waals surface area contributed by atoms with Gasteiger partial charge in [0.1, 0.15) is 0 Å². The predicted molar refractivity (Wildman–Crippen MR) is 48.3 cm³/mol. The van der Waals surface area contributed by atoms with Crippen molar-refractivity contribution in [1.29, 1.82) is 0 Å². The van der Waals surface area contributed by atoms with E-state index < -0.39 is 0 Å². The third-order valence-corrected chi connectivity index (χ3v) is 2.33. The van der Waals surface area contributed by atoms with Crippen molar-refractivity contribution in [1.82, 2.24) is 5.32 Å². The molecule has 0 aromatic rings. The lowest BCUT2D eigenvalue weighted by molar-refractivity contribution is -0.0215. The van der Waals surface area contributed by atoms with Gasteiger partial charge in [-0.2, -0.15) is 0 Å². The Bertz CT molecular complexity index is 119. The summed E-state index contributed by atoms with van der Waals surface area (Å²) in [6, 6.07) is 0. The average Bonchev–Trinajstić information content (AvgIpc) is 2.09. The summed E-state index contributed by atoms with van der Waals surface area (Å²) in [6.07, 6.45) is 1.56. The van der Waals surface area contributed by atoms with Crippen molar-refractivity contribution in [3.63, 3.8) is 0 Å². The van der Waals surface area contributed by atoms with Crippen molar-refractivity contribution in [3.05, 3.63) is 0 Å². The minimum Gasteiger partial charge on any atom is -0.382 e. The van der Waals surface area contributed by atoms with Crippen LogP contribution in [0.1, 0.15) is 13.3 Å². The normalized spacial score (nSPS) is 30.5. The highest BCUT2D eigenvalue weighted by molar-refractivity contribution is 4.75. The highest BCUT2D eigenvalue weighted by Gasteiger charge is 2.20. The molecule has 1 rings (SSSR count). The van der Waals surface area contributed by atoms with Crippen molar-refractivity contribution in [2.45, 2.75) is 19.4 Å². The maximum absolute atomic E-state index is 5.67. The van der Waals surface area contributed by atoms with Crippen molar-refractivity contribution in [2.75, 3.05) is 33.4 Å². The largest absolute Gasteiger partial charge is 0.382 e. The Labute approximate surface area is 74.4 Å². The average molecular weight is 173 g/mol. The van der Waals surface area contributed by atoms with E-state index in [4.69, 9.17) is 9.47 Å². The quantitative estimate of drug-likeness (QED) is 0.633. The molecule has 0 aliphatic carbocycles. The second-order valence-corrected chi connectivity index (χ2v) is 3.37. The van der Waals surface area contributed by atoms with Gasteiger partial charge >= 0.3 is 0 Å². The van der Waals surface area contributed by atoms with E-state index in [2.05, 4.69) is 12.2 Å². The van der Waals surface area contributed by atoms with Crippen molar-refractivity contribution in [3.8, 4) is 0 Å². The minimum absolute atomic E-state index is 0.432. The molecule has 0 aromatic heterocycles. The zero-order valence-corrected chi connectivity index (χ0v) is 8.01. The number of rotatable bonds is 4. The van der Waals surface area contributed by atoms with Crippen LogP contribution in [0.2, 0.25) is 0 Å². The molecule has 2 atom stereocenters. The van der Waals surface area contributed by atoms with Crippen LogP contribution in [-0.2, 0) is 9.47 Å². The molecule has 72 valence electrons. The fourth-order valence-corrected chi connectivity index (χ4v) is 1.52. The molecule has 0 radical (unpaired) electrons. The Morgan fingerprint density at radius 1 is 1.42 bits per heavy atom. The minimum atomic E-state index is 0.432. The molecule has 1 heterocycles. The maximum atomic E-state index is 5.67. The Kier molecular flexibility index (Phi) is 4.58. The standard InChI is InChI=1S/C9H19NO2/c1-8-7-10-4-3-9(8)12-6-5-11-2/h8-10H,3-7H2,1-2H3. The molecule has 1 aliphatic rings. The molecule has 1 fully saturated rings. The summed E-state index contributed by atoms with van der Waals surface area (Å²) in [7, 11) is 1.70. The molecule has 0 aromatic carbocycles. The van der Waals surface area contributed by atoms with Crippen LogP contribution in [0.5, 0.6) is 0 Å². The van der Waals surface area contributed by atoms with Gasteiger partial charge in [0.15, 0.2) is 0 Å². The van der Waals surface area contributed by atoms with Crippen LogP contribution < -0.4 is 5.32 Å².